The van der Waals surface area contributed by atoms with E-state index >= 15 is 0 Å². The smallest absolute Gasteiger partial charge is 0.0704 e. The molecule has 3 aromatic rings. The first-order valence-corrected chi connectivity index (χ1v) is 7.61. The summed E-state index contributed by atoms with van der Waals surface area (Å²) in [5, 5.41) is 2.21. The van der Waals surface area contributed by atoms with Crippen molar-refractivity contribution in [3.05, 3.63) is 71.4 Å². The Kier molecular flexibility index (Phi) is 3.66. The predicted molar refractivity (Wildman–Crippen MR) is 86.8 cm³/mol. The minimum absolute atomic E-state index is 0.977. The van der Waals surface area contributed by atoms with Gasteiger partial charge in [-0.05, 0) is 53.6 Å². The summed E-state index contributed by atoms with van der Waals surface area (Å²) in [6.07, 6.45) is 2.90. The highest BCUT2D eigenvalue weighted by Crippen LogP contribution is 2.33. The number of nitrogens with zero attached hydrogens (tertiary/aromatic N) is 1. The van der Waals surface area contributed by atoms with Gasteiger partial charge in [-0.3, -0.25) is 4.98 Å². The van der Waals surface area contributed by atoms with Gasteiger partial charge in [-0.1, -0.05) is 31.2 Å². The molecule has 0 atom stereocenters. The average Bonchev–Trinajstić information content (AvgIpc) is 2.97. The van der Waals surface area contributed by atoms with Crippen molar-refractivity contribution in [3.63, 3.8) is 0 Å². The Balaban J connectivity index is 2.10. The molecule has 0 aliphatic rings. The number of aryl methyl sites for hydroxylation is 1. The Hall–Kier alpha value is -1.93. The first-order chi connectivity index (χ1) is 9.79. The van der Waals surface area contributed by atoms with Gasteiger partial charge in [-0.15, -0.1) is 11.3 Å². The van der Waals surface area contributed by atoms with Gasteiger partial charge < -0.3 is 0 Å². The molecule has 2 heteroatoms. The van der Waals surface area contributed by atoms with Gasteiger partial charge in [-0.25, -0.2) is 0 Å². The first kappa shape index (κ1) is 13.1. The van der Waals surface area contributed by atoms with Crippen LogP contribution >= 0.6 is 11.3 Å². The number of thiophene rings is 1. The summed E-state index contributed by atoms with van der Waals surface area (Å²) in [7, 11) is 0. The van der Waals surface area contributed by atoms with Crippen molar-refractivity contribution in [2.75, 3.05) is 0 Å². The molecule has 2 heterocycles. The van der Waals surface area contributed by atoms with Crippen LogP contribution in [0.4, 0.5) is 0 Å². The number of hydrogen-bond acceptors (Lipinski definition) is 2. The number of benzene rings is 1. The second-order valence-electron chi connectivity index (χ2n) is 4.70. The van der Waals surface area contributed by atoms with Crippen molar-refractivity contribution >= 4 is 11.3 Å². The van der Waals surface area contributed by atoms with Crippen LogP contribution in [0.3, 0.4) is 0 Å². The lowest BCUT2D eigenvalue weighted by Crippen LogP contribution is -1.89. The van der Waals surface area contributed by atoms with Gasteiger partial charge >= 0.3 is 0 Å². The summed E-state index contributed by atoms with van der Waals surface area (Å²) in [6.45, 7) is 6.46. The van der Waals surface area contributed by atoms with Gasteiger partial charge in [0, 0.05) is 16.6 Å². The highest BCUT2D eigenvalue weighted by molar-refractivity contribution is 7.10. The van der Waals surface area contributed by atoms with Crippen LogP contribution in [0.25, 0.3) is 22.4 Å². The van der Waals surface area contributed by atoms with Crippen molar-refractivity contribution in [2.45, 2.75) is 13.3 Å². The lowest BCUT2D eigenvalue weighted by atomic mass is 9.96. The second-order valence-corrected chi connectivity index (χ2v) is 5.70. The van der Waals surface area contributed by atoms with E-state index in [1.54, 1.807) is 0 Å². The Bertz CT molecular complexity index is 713. The number of hydrogen-bond donors (Lipinski definition) is 0. The zero-order valence-electron chi connectivity index (χ0n) is 11.5. The van der Waals surface area contributed by atoms with Crippen LogP contribution in [0.15, 0.2) is 54.0 Å². The molecule has 1 radical (unpaired) electrons. The molecule has 0 bridgehead atoms. The van der Waals surface area contributed by atoms with E-state index < -0.39 is 0 Å². The SMILES string of the molecule is [CH2]c1c(-c2csc(CC)c2)cccc1-c1ccccn1. The summed E-state index contributed by atoms with van der Waals surface area (Å²) in [5.41, 5.74) is 5.59. The maximum atomic E-state index is 4.43. The number of aromatic nitrogens is 1. The van der Waals surface area contributed by atoms with Crippen LogP contribution in [-0.2, 0) is 6.42 Å². The number of pyridine rings is 1. The molecule has 3 rings (SSSR count). The molecule has 1 aromatic carbocycles. The second kappa shape index (κ2) is 5.59. The minimum Gasteiger partial charge on any atom is -0.256 e. The summed E-state index contributed by atoms with van der Waals surface area (Å²) >= 11 is 1.81. The molecule has 0 saturated heterocycles. The predicted octanol–water partition coefficient (Wildman–Crippen LogP) is 5.22. The average molecular weight is 278 g/mol. The van der Waals surface area contributed by atoms with E-state index in [1.165, 1.54) is 16.0 Å². The van der Waals surface area contributed by atoms with Crippen LogP contribution < -0.4 is 0 Å². The van der Waals surface area contributed by atoms with Gasteiger partial charge in [0.25, 0.3) is 0 Å². The van der Waals surface area contributed by atoms with E-state index in [1.807, 2.05) is 35.7 Å². The van der Waals surface area contributed by atoms with Gasteiger partial charge in [-0.2, -0.15) is 0 Å². The molecule has 0 unspecified atom stereocenters. The van der Waals surface area contributed by atoms with E-state index in [0.717, 1.165) is 23.2 Å². The first-order valence-electron chi connectivity index (χ1n) is 6.73. The van der Waals surface area contributed by atoms with Crippen LogP contribution in [0.2, 0.25) is 0 Å². The lowest BCUT2D eigenvalue weighted by molar-refractivity contribution is 1.19. The molecule has 0 amide bonds. The topological polar surface area (TPSA) is 12.9 Å². The summed E-state index contributed by atoms with van der Waals surface area (Å²) in [5.74, 6) is 0. The molecule has 1 nitrogen and oxygen atoms in total. The monoisotopic (exact) mass is 278 g/mol. The fourth-order valence-electron chi connectivity index (χ4n) is 2.33. The molecule has 0 N–H and O–H groups in total. The maximum absolute atomic E-state index is 4.43. The van der Waals surface area contributed by atoms with Gasteiger partial charge in [0.15, 0.2) is 0 Å². The summed E-state index contributed by atoms with van der Waals surface area (Å²) < 4.78 is 0. The Labute approximate surface area is 124 Å². The summed E-state index contributed by atoms with van der Waals surface area (Å²) in [6, 6.07) is 14.5. The summed E-state index contributed by atoms with van der Waals surface area (Å²) in [4.78, 5) is 5.83. The molecule has 0 aliphatic heterocycles. The molecule has 2 aromatic heterocycles. The van der Waals surface area contributed by atoms with Crippen LogP contribution in [0, 0.1) is 6.92 Å². The van der Waals surface area contributed by atoms with E-state index in [2.05, 4.69) is 48.5 Å². The zero-order chi connectivity index (χ0) is 13.9. The van der Waals surface area contributed by atoms with Crippen molar-refractivity contribution in [1.29, 1.82) is 0 Å². The van der Waals surface area contributed by atoms with Crippen molar-refractivity contribution in [1.82, 2.24) is 4.98 Å². The zero-order valence-corrected chi connectivity index (χ0v) is 12.3. The Morgan fingerprint density at radius 3 is 2.65 bits per heavy atom. The highest BCUT2D eigenvalue weighted by atomic mass is 32.1. The van der Waals surface area contributed by atoms with E-state index in [4.69, 9.17) is 0 Å². The van der Waals surface area contributed by atoms with Crippen LogP contribution in [-0.4, -0.2) is 4.98 Å². The van der Waals surface area contributed by atoms with Crippen molar-refractivity contribution in [2.24, 2.45) is 0 Å². The standard InChI is InChI=1S/C18H16NS/c1-3-15-11-14(12-20-15)16-7-6-8-17(13(16)2)18-9-4-5-10-19-18/h4-12H,2-3H2,1H3. The lowest BCUT2D eigenvalue weighted by Gasteiger charge is -2.09. The Morgan fingerprint density at radius 1 is 1.10 bits per heavy atom. The molecule has 0 spiro atoms. The molecule has 99 valence electrons. The molecule has 0 aliphatic carbocycles. The van der Waals surface area contributed by atoms with Gasteiger partial charge in [0.2, 0.25) is 0 Å². The molecular formula is C18H16NS. The largest absolute Gasteiger partial charge is 0.256 e. The van der Waals surface area contributed by atoms with Crippen molar-refractivity contribution in [3.8, 4) is 22.4 Å². The number of rotatable bonds is 3. The molecule has 0 fully saturated rings. The normalized spacial score (nSPS) is 10.7. The van der Waals surface area contributed by atoms with Crippen LogP contribution in [0.1, 0.15) is 17.4 Å². The van der Waals surface area contributed by atoms with Crippen molar-refractivity contribution < 1.29 is 0 Å². The van der Waals surface area contributed by atoms with Crippen LogP contribution in [0.5, 0.6) is 0 Å². The van der Waals surface area contributed by atoms with Gasteiger partial charge in [0.05, 0.1) is 5.69 Å². The molecule has 20 heavy (non-hydrogen) atoms. The fourth-order valence-corrected chi connectivity index (χ4v) is 3.16. The molecule has 0 saturated carbocycles. The third-order valence-corrected chi connectivity index (χ3v) is 4.51. The minimum atomic E-state index is 0.977. The van der Waals surface area contributed by atoms with Gasteiger partial charge in [0.1, 0.15) is 0 Å². The third kappa shape index (κ3) is 2.39. The highest BCUT2D eigenvalue weighted by Gasteiger charge is 2.09. The third-order valence-electron chi connectivity index (χ3n) is 3.43. The van der Waals surface area contributed by atoms with E-state index in [-0.39, 0.29) is 0 Å². The maximum Gasteiger partial charge on any atom is 0.0704 e. The molecular weight excluding hydrogens is 262 g/mol. The Morgan fingerprint density at radius 2 is 1.95 bits per heavy atom. The van der Waals surface area contributed by atoms with E-state index in [9.17, 15) is 0 Å². The quantitative estimate of drug-likeness (QED) is 0.640. The van der Waals surface area contributed by atoms with E-state index in [0.29, 0.717) is 0 Å². The fraction of sp³-hybridized carbons (Fsp3) is 0.111.